The SMILES string of the molecule is Cc1cc(C)c2c(CC(=O)NCCN3CCOCC3)noc2c1. The molecule has 0 radical (unpaired) electrons. The number of hydrogen-bond acceptors (Lipinski definition) is 5. The number of nitrogens with one attached hydrogen (secondary N) is 1. The highest BCUT2D eigenvalue weighted by atomic mass is 16.5. The van der Waals surface area contributed by atoms with Crippen LogP contribution in [0.2, 0.25) is 0 Å². The fourth-order valence-corrected chi connectivity index (χ4v) is 3.03. The first-order valence-corrected chi connectivity index (χ1v) is 8.06. The standard InChI is InChI=1S/C17H23N3O3/c1-12-9-13(2)17-14(19-23-15(17)10-12)11-16(21)18-3-4-20-5-7-22-8-6-20/h9-10H,3-8,11H2,1-2H3,(H,18,21). The number of aromatic nitrogens is 1. The molecule has 1 aliphatic rings. The summed E-state index contributed by atoms with van der Waals surface area (Å²) < 4.78 is 10.7. The van der Waals surface area contributed by atoms with Gasteiger partial charge in [0.1, 0.15) is 5.69 Å². The number of benzene rings is 1. The summed E-state index contributed by atoms with van der Waals surface area (Å²) in [5.74, 6) is -0.0200. The second-order valence-corrected chi connectivity index (χ2v) is 6.06. The number of carbonyl (C=O) groups is 1. The molecule has 23 heavy (non-hydrogen) atoms. The van der Waals surface area contributed by atoms with Crippen LogP contribution in [0.4, 0.5) is 0 Å². The first kappa shape index (κ1) is 16.0. The Balaban J connectivity index is 1.55. The first-order valence-electron chi connectivity index (χ1n) is 8.06. The molecule has 1 saturated heterocycles. The minimum Gasteiger partial charge on any atom is -0.379 e. The van der Waals surface area contributed by atoms with E-state index in [2.05, 4.69) is 21.4 Å². The summed E-state index contributed by atoms with van der Waals surface area (Å²) in [6, 6.07) is 4.04. The molecule has 1 aromatic carbocycles. The Morgan fingerprint density at radius 2 is 2.09 bits per heavy atom. The lowest BCUT2D eigenvalue weighted by Crippen LogP contribution is -2.41. The number of amides is 1. The third-order valence-corrected chi connectivity index (χ3v) is 4.17. The molecule has 0 bridgehead atoms. The number of ether oxygens (including phenoxy) is 1. The largest absolute Gasteiger partial charge is 0.379 e. The predicted molar refractivity (Wildman–Crippen MR) is 87.5 cm³/mol. The van der Waals surface area contributed by atoms with Crippen LogP contribution in [-0.2, 0) is 16.0 Å². The molecule has 0 unspecified atom stereocenters. The van der Waals surface area contributed by atoms with Gasteiger partial charge in [-0.3, -0.25) is 9.69 Å². The van der Waals surface area contributed by atoms with Crippen molar-refractivity contribution in [1.29, 1.82) is 0 Å². The molecular weight excluding hydrogens is 294 g/mol. The van der Waals surface area contributed by atoms with Crippen molar-refractivity contribution in [2.75, 3.05) is 39.4 Å². The zero-order valence-electron chi connectivity index (χ0n) is 13.7. The molecule has 1 N–H and O–H groups in total. The average Bonchev–Trinajstić information content (AvgIpc) is 2.91. The smallest absolute Gasteiger partial charge is 0.226 e. The average molecular weight is 317 g/mol. The number of fused-ring (bicyclic) bond motifs is 1. The highest BCUT2D eigenvalue weighted by molar-refractivity contribution is 5.88. The van der Waals surface area contributed by atoms with E-state index in [1.165, 1.54) is 0 Å². The summed E-state index contributed by atoms with van der Waals surface area (Å²) in [6.45, 7) is 8.96. The second-order valence-electron chi connectivity index (χ2n) is 6.06. The number of aryl methyl sites for hydroxylation is 2. The van der Waals surface area contributed by atoms with Crippen molar-refractivity contribution in [3.05, 3.63) is 29.0 Å². The molecule has 1 aliphatic heterocycles. The maximum atomic E-state index is 12.1. The van der Waals surface area contributed by atoms with Gasteiger partial charge in [0.2, 0.25) is 5.91 Å². The van der Waals surface area contributed by atoms with Crippen LogP contribution in [0.25, 0.3) is 11.0 Å². The van der Waals surface area contributed by atoms with Gasteiger partial charge < -0.3 is 14.6 Å². The van der Waals surface area contributed by atoms with E-state index in [0.717, 1.165) is 54.9 Å². The number of morpholine rings is 1. The van der Waals surface area contributed by atoms with Crippen LogP contribution < -0.4 is 5.32 Å². The second kappa shape index (κ2) is 7.10. The summed E-state index contributed by atoms with van der Waals surface area (Å²) in [4.78, 5) is 14.4. The molecule has 1 aromatic heterocycles. The summed E-state index contributed by atoms with van der Waals surface area (Å²) in [5, 5.41) is 7.99. The summed E-state index contributed by atoms with van der Waals surface area (Å²) in [7, 11) is 0. The molecule has 0 atom stereocenters. The van der Waals surface area contributed by atoms with E-state index in [1.54, 1.807) is 0 Å². The lowest BCUT2D eigenvalue weighted by atomic mass is 10.0. The number of hydrogen-bond donors (Lipinski definition) is 1. The lowest BCUT2D eigenvalue weighted by Gasteiger charge is -2.26. The predicted octanol–water partition coefficient (Wildman–Crippen LogP) is 1.44. The highest BCUT2D eigenvalue weighted by Crippen LogP contribution is 2.24. The minimum atomic E-state index is -0.0200. The van der Waals surface area contributed by atoms with Crippen molar-refractivity contribution >= 4 is 16.9 Å². The quantitative estimate of drug-likeness (QED) is 0.904. The Morgan fingerprint density at radius 3 is 2.87 bits per heavy atom. The van der Waals surface area contributed by atoms with Crippen molar-refractivity contribution in [3.8, 4) is 0 Å². The van der Waals surface area contributed by atoms with Crippen molar-refractivity contribution in [2.45, 2.75) is 20.3 Å². The summed E-state index contributed by atoms with van der Waals surface area (Å²) in [6.07, 6.45) is 0.250. The van der Waals surface area contributed by atoms with Crippen molar-refractivity contribution in [2.24, 2.45) is 0 Å². The molecule has 2 aromatic rings. The van der Waals surface area contributed by atoms with Gasteiger partial charge in [0, 0.05) is 31.6 Å². The van der Waals surface area contributed by atoms with Crippen LogP contribution in [0, 0.1) is 13.8 Å². The van der Waals surface area contributed by atoms with Gasteiger partial charge in [-0.1, -0.05) is 11.2 Å². The maximum Gasteiger partial charge on any atom is 0.226 e. The molecule has 0 aliphatic carbocycles. The van der Waals surface area contributed by atoms with Gasteiger partial charge in [-0.25, -0.2) is 0 Å². The Kier molecular flexibility index (Phi) is 4.93. The zero-order valence-corrected chi connectivity index (χ0v) is 13.7. The van der Waals surface area contributed by atoms with Gasteiger partial charge in [-0.2, -0.15) is 0 Å². The normalized spacial score (nSPS) is 15.9. The number of carbonyl (C=O) groups excluding carboxylic acids is 1. The summed E-state index contributed by atoms with van der Waals surface area (Å²) >= 11 is 0. The van der Waals surface area contributed by atoms with E-state index in [9.17, 15) is 4.79 Å². The van der Waals surface area contributed by atoms with Crippen LogP contribution >= 0.6 is 0 Å². The first-order chi connectivity index (χ1) is 11.1. The number of rotatable bonds is 5. The van der Waals surface area contributed by atoms with Gasteiger partial charge in [-0.15, -0.1) is 0 Å². The summed E-state index contributed by atoms with van der Waals surface area (Å²) in [5.41, 5.74) is 3.69. The van der Waals surface area contributed by atoms with Crippen LogP contribution in [0.15, 0.2) is 16.7 Å². The van der Waals surface area contributed by atoms with Crippen molar-refractivity contribution in [1.82, 2.24) is 15.4 Å². The maximum absolute atomic E-state index is 12.1. The van der Waals surface area contributed by atoms with E-state index < -0.39 is 0 Å². The molecule has 0 spiro atoms. The topological polar surface area (TPSA) is 67.6 Å². The van der Waals surface area contributed by atoms with Gasteiger partial charge in [0.25, 0.3) is 0 Å². The van der Waals surface area contributed by atoms with Crippen molar-refractivity contribution < 1.29 is 14.1 Å². The van der Waals surface area contributed by atoms with E-state index in [4.69, 9.17) is 9.26 Å². The molecule has 6 heteroatoms. The minimum absolute atomic E-state index is 0.0200. The highest BCUT2D eigenvalue weighted by Gasteiger charge is 2.15. The molecule has 6 nitrogen and oxygen atoms in total. The van der Waals surface area contributed by atoms with E-state index >= 15 is 0 Å². The van der Waals surface area contributed by atoms with Gasteiger partial charge >= 0.3 is 0 Å². The number of nitrogens with zero attached hydrogens (tertiary/aromatic N) is 2. The van der Waals surface area contributed by atoms with E-state index in [0.29, 0.717) is 12.2 Å². The van der Waals surface area contributed by atoms with Crippen LogP contribution in [-0.4, -0.2) is 55.4 Å². The third kappa shape index (κ3) is 3.89. The van der Waals surface area contributed by atoms with Crippen molar-refractivity contribution in [3.63, 3.8) is 0 Å². The molecule has 124 valence electrons. The zero-order chi connectivity index (χ0) is 16.2. The Bertz CT molecular complexity index is 690. The molecule has 3 rings (SSSR count). The molecule has 0 saturated carbocycles. The Morgan fingerprint density at radius 1 is 1.30 bits per heavy atom. The van der Waals surface area contributed by atoms with Crippen LogP contribution in [0.3, 0.4) is 0 Å². The van der Waals surface area contributed by atoms with Gasteiger partial charge in [-0.05, 0) is 31.0 Å². The van der Waals surface area contributed by atoms with Crippen LogP contribution in [0.1, 0.15) is 16.8 Å². The van der Waals surface area contributed by atoms with Gasteiger partial charge in [0.15, 0.2) is 5.58 Å². The monoisotopic (exact) mass is 317 g/mol. The molecule has 1 amide bonds. The Hall–Kier alpha value is -1.92. The Labute approximate surface area is 135 Å². The molecular formula is C17H23N3O3. The third-order valence-electron chi connectivity index (χ3n) is 4.17. The molecule has 2 heterocycles. The fourth-order valence-electron chi connectivity index (χ4n) is 3.03. The fraction of sp³-hybridized carbons (Fsp3) is 0.529. The van der Waals surface area contributed by atoms with E-state index in [1.807, 2.05) is 19.9 Å². The molecule has 1 fully saturated rings. The lowest BCUT2D eigenvalue weighted by molar-refractivity contribution is -0.120. The van der Waals surface area contributed by atoms with E-state index in [-0.39, 0.29) is 12.3 Å². The van der Waals surface area contributed by atoms with Gasteiger partial charge in [0.05, 0.1) is 19.6 Å². The van der Waals surface area contributed by atoms with Crippen LogP contribution in [0.5, 0.6) is 0 Å².